The summed E-state index contributed by atoms with van der Waals surface area (Å²) in [5.74, 6) is 1.42. The van der Waals surface area contributed by atoms with E-state index in [0.29, 0.717) is 12.5 Å². The summed E-state index contributed by atoms with van der Waals surface area (Å²) in [5.41, 5.74) is 3.04. The van der Waals surface area contributed by atoms with Gasteiger partial charge in [0.1, 0.15) is 5.82 Å². The first-order valence-electron chi connectivity index (χ1n) is 8.60. The Bertz CT molecular complexity index is 855. The van der Waals surface area contributed by atoms with E-state index in [1.54, 1.807) is 0 Å². The molecule has 134 valence electrons. The van der Waals surface area contributed by atoms with E-state index in [4.69, 9.17) is 0 Å². The summed E-state index contributed by atoms with van der Waals surface area (Å²) in [6, 6.07) is 20.4. The number of halogens is 1. The van der Waals surface area contributed by atoms with Crippen LogP contribution in [0.4, 0.5) is 11.8 Å². The zero-order valence-electron chi connectivity index (χ0n) is 15.3. The van der Waals surface area contributed by atoms with Gasteiger partial charge in [0.15, 0.2) is 0 Å². The average Bonchev–Trinajstić information content (AvgIpc) is 2.60. The number of nitrogens with zero attached hydrogens (tertiary/aromatic N) is 2. The van der Waals surface area contributed by atoms with Crippen molar-refractivity contribution in [1.82, 2.24) is 9.97 Å². The Morgan fingerprint density at radius 2 is 1.62 bits per heavy atom. The summed E-state index contributed by atoms with van der Waals surface area (Å²) in [4.78, 5) is 9.32. The van der Waals surface area contributed by atoms with Gasteiger partial charge in [0.2, 0.25) is 5.95 Å². The molecule has 0 aliphatic rings. The maximum atomic E-state index is 4.69. The summed E-state index contributed by atoms with van der Waals surface area (Å²) in [5, 5.41) is 6.78. The van der Waals surface area contributed by atoms with Crippen molar-refractivity contribution in [1.29, 1.82) is 0 Å². The molecule has 0 bridgehead atoms. The van der Waals surface area contributed by atoms with Gasteiger partial charge < -0.3 is 10.6 Å². The molecule has 0 amide bonds. The van der Waals surface area contributed by atoms with Crippen molar-refractivity contribution in [3.63, 3.8) is 0 Å². The molecule has 0 saturated heterocycles. The van der Waals surface area contributed by atoms with Crippen molar-refractivity contribution >= 4 is 27.7 Å². The number of hydrogen-bond donors (Lipinski definition) is 2. The second kappa shape index (κ2) is 7.87. The zero-order chi connectivity index (χ0) is 18.6. The van der Waals surface area contributed by atoms with Crippen LogP contribution >= 0.6 is 15.9 Å². The van der Waals surface area contributed by atoms with E-state index in [-0.39, 0.29) is 5.54 Å². The van der Waals surface area contributed by atoms with E-state index >= 15 is 0 Å². The molecule has 0 aliphatic carbocycles. The maximum Gasteiger partial charge on any atom is 0.225 e. The number of anilines is 2. The molecule has 2 aromatic carbocycles. The minimum Gasteiger partial charge on any atom is -0.366 e. The average molecular weight is 411 g/mol. The second-order valence-electron chi connectivity index (χ2n) is 7.18. The molecule has 0 atom stereocenters. The fourth-order valence-electron chi connectivity index (χ4n) is 2.48. The monoisotopic (exact) mass is 410 g/mol. The third-order valence-electron chi connectivity index (χ3n) is 3.67. The highest BCUT2D eigenvalue weighted by Crippen LogP contribution is 2.23. The van der Waals surface area contributed by atoms with E-state index in [9.17, 15) is 0 Å². The maximum absolute atomic E-state index is 4.69. The quantitative estimate of drug-likeness (QED) is 0.563. The topological polar surface area (TPSA) is 49.8 Å². The lowest BCUT2D eigenvalue weighted by atomic mass is 10.1. The standard InChI is InChI=1S/C21H23BrN4/c1-21(2,3)26-20-24-18(16-7-5-4-6-8-16)13-19(25-20)23-14-15-9-11-17(22)12-10-15/h4-13H,14H2,1-3H3,(H2,23,24,25,26). The predicted molar refractivity (Wildman–Crippen MR) is 112 cm³/mol. The van der Waals surface area contributed by atoms with Gasteiger partial charge in [-0.15, -0.1) is 0 Å². The molecular formula is C21H23BrN4. The van der Waals surface area contributed by atoms with Crippen LogP contribution < -0.4 is 10.6 Å². The third kappa shape index (κ3) is 5.30. The lowest BCUT2D eigenvalue weighted by Crippen LogP contribution is -2.27. The Balaban J connectivity index is 1.87. The smallest absolute Gasteiger partial charge is 0.225 e. The van der Waals surface area contributed by atoms with Crippen LogP contribution in [-0.4, -0.2) is 15.5 Å². The highest BCUT2D eigenvalue weighted by molar-refractivity contribution is 9.10. The molecule has 4 nitrogen and oxygen atoms in total. The molecule has 0 aliphatic heterocycles. The molecule has 3 aromatic rings. The number of rotatable bonds is 5. The molecule has 3 rings (SSSR count). The van der Waals surface area contributed by atoms with Crippen LogP contribution in [0.2, 0.25) is 0 Å². The van der Waals surface area contributed by atoms with Crippen LogP contribution in [0.3, 0.4) is 0 Å². The van der Waals surface area contributed by atoms with Crippen molar-refractivity contribution < 1.29 is 0 Å². The number of aromatic nitrogens is 2. The fourth-order valence-corrected chi connectivity index (χ4v) is 2.75. The van der Waals surface area contributed by atoms with E-state index in [1.165, 1.54) is 5.56 Å². The molecule has 2 N–H and O–H groups in total. The molecule has 26 heavy (non-hydrogen) atoms. The molecule has 0 fully saturated rings. The van der Waals surface area contributed by atoms with Crippen molar-refractivity contribution in [2.75, 3.05) is 10.6 Å². The largest absolute Gasteiger partial charge is 0.366 e. The van der Waals surface area contributed by atoms with Gasteiger partial charge in [-0.25, -0.2) is 4.98 Å². The fraction of sp³-hybridized carbons (Fsp3) is 0.238. The van der Waals surface area contributed by atoms with Crippen LogP contribution in [0.1, 0.15) is 26.3 Å². The number of benzene rings is 2. The van der Waals surface area contributed by atoms with Gasteiger partial charge in [0, 0.05) is 28.2 Å². The molecule has 0 radical (unpaired) electrons. The minimum absolute atomic E-state index is 0.113. The van der Waals surface area contributed by atoms with Gasteiger partial charge in [0.05, 0.1) is 5.69 Å². The van der Waals surface area contributed by atoms with E-state index in [0.717, 1.165) is 21.5 Å². The predicted octanol–water partition coefficient (Wildman–Crippen LogP) is 5.73. The normalized spacial score (nSPS) is 11.2. The van der Waals surface area contributed by atoms with E-state index in [2.05, 4.69) is 81.6 Å². The van der Waals surface area contributed by atoms with Gasteiger partial charge in [-0.05, 0) is 38.5 Å². The van der Waals surface area contributed by atoms with Gasteiger partial charge in [0.25, 0.3) is 0 Å². The first-order chi connectivity index (χ1) is 12.4. The van der Waals surface area contributed by atoms with Crippen molar-refractivity contribution in [2.24, 2.45) is 0 Å². The van der Waals surface area contributed by atoms with Gasteiger partial charge in [-0.1, -0.05) is 58.4 Å². The highest BCUT2D eigenvalue weighted by atomic mass is 79.9. The first kappa shape index (κ1) is 18.4. The Labute approximate surface area is 163 Å². The van der Waals surface area contributed by atoms with Crippen LogP contribution in [0.25, 0.3) is 11.3 Å². The summed E-state index contributed by atoms with van der Waals surface area (Å²) in [6.07, 6.45) is 0. The second-order valence-corrected chi connectivity index (χ2v) is 8.10. The van der Waals surface area contributed by atoms with Gasteiger partial charge >= 0.3 is 0 Å². The van der Waals surface area contributed by atoms with Gasteiger partial charge in [-0.3, -0.25) is 0 Å². The van der Waals surface area contributed by atoms with Crippen LogP contribution in [0, 0.1) is 0 Å². The summed E-state index contributed by atoms with van der Waals surface area (Å²) in [6.45, 7) is 6.99. The van der Waals surface area contributed by atoms with Gasteiger partial charge in [-0.2, -0.15) is 4.98 Å². The van der Waals surface area contributed by atoms with Crippen molar-refractivity contribution in [3.05, 3.63) is 70.7 Å². The van der Waals surface area contributed by atoms with E-state index < -0.39 is 0 Å². The Morgan fingerprint density at radius 3 is 2.27 bits per heavy atom. The van der Waals surface area contributed by atoms with Crippen molar-refractivity contribution in [3.8, 4) is 11.3 Å². The lowest BCUT2D eigenvalue weighted by Gasteiger charge is -2.21. The van der Waals surface area contributed by atoms with E-state index in [1.807, 2.05) is 36.4 Å². The number of hydrogen-bond acceptors (Lipinski definition) is 4. The SMILES string of the molecule is CC(C)(C)Nc1nc(NCc2ccc(Br)cc2)cc(-c2ccccc2)n1. The third-order valence-corrected chi connectivity index (χ3v) is 4.20. The summed E-state index contributed by atoms with van der Waals surface area (Å²) < 4.78 is 1.08. The van der Waals surface area contributed by atoms with Crippen LogP contribution in [0.5, 0.6) is 0 Å². The summed E-state index contributed by atoms with van der Waals surface area (Å²) >= 11 is 3.46. The zero-order valence-corrected chi connectivity index (χ0v) is 16.8. The molecule has 5 heteroatoms. The minimum atomic E-state index is -0.113. The number of nitrogens with one attached hydrogen (secondary N) is 2. The molecule has 0 saturated carbocycles. The molecule has 1 heterocycles. The first-order valence-corrected chi connectivity index (χ1v) is 9.39. The highest BCUT2D eigenvalue weighted by Gasteiger charge is 2.13. The van der Waals surface area contributed by atoms with Crippen LogP contribution in [-0.2, 0) is 6.54 Å². The molecule has 0 unspecified atom stereocenters. The Kier molecular flexibility index (Phi) is 5.57. The Morgan fingerprint density at radius 1 is 0.923 bits per heavy atom. The lowest BCUT2D eigenvalue weighted by molar-refractivity contribution is 0.626. The van der Waals surface area contributed by atoms with Crippen molar-refractivity contribution in [2.45, 2.75) is 32.9 Å². The van der Waals surface area contributed by atoms with Crippen LogP contribution in [0.15, 0.2) is 65.1 Å². The molecule has 1 aromatic heterocycles. The Hall–Kier alpha value is -2.40. The summed E-state index contributed by atoms with van der Waals surface area (Å²) in [7, 11) is 0. The molecular weight excluding hydrogens is 388 g/mol. The molecule has 0 spiro atoms.